The maximum atomic E-state index is 12.0. The molecule has 20 heavy (non-hydrogen) atoms. The van der Waals surface area contributed by atoms with Crippen LogP contribution in [0.5, 0.6) is 0 Å². The third kappa shape index (κ3) is 3.63. The number of anilines is 1. The normalized spacial score (nSPS) is 12.1. The number of amidine groups is 1. The minimum Gasteiger partial charge on any atom is -0.409 e. The first-order chi connectivity index (χ1) is 9.47. The Balaban J connectivity index is 2.79. The van der Waals surface area contributed by atoms with Crippen LogP contribution in [0.15, 0.2) is 29.4 Å². The molecule has 5 N–H and O–H groups in total. The van der Waals surface area contributed by atoms with Crippen LogP contribution < -0.4 is 16.4 Å². The molecular weight excluding hydrogens is 256 g/mol. The van der Waals surface area contributed by atoms with E-state index in [0.29, 0.717) is 18.5 Å². The van der Waals surface area contributed by atoms with Gasteiger partial charge in [-0.3, -0.25) is 0 Å². The van der Waals surface area contributed by atoms with Gasteiger partial charge in [-0.15, -0.1) is 0 Å². The van der Waals surface area contributed by atoms with E-state index in [-0.39, 0.29) is 11.9 Å². The number of urea groups is 1. The molecule has 0 heterocycles. The molecule has 110 valence electrons. The zero-order valence-electron chi connectivity index (χ0n) is 12.1. The second-order valence-corrected chi connectivity index (χ2v) is 4.72. The monoisotopic (exact) mass is 278 g/mol. The molecule has 0 aliphatic heterocycles. The summed E-state index contributed by atoms with van der Waals surface area (Å²) in [4.78, 5) is 12.0. The summed E-state index contributed by atoms with van der Waals surface area (Å²) in [6.45, 7) is 5.71. The van der Waals surface area contributed by atoms with Crippen molar-refractivity contribution < 1.29 is 10.0 Å². The van der Waals surface area contributed by atoms with E-state index in [1.165, 1.54) is 0 Å². The van der Waals surface area contributed by atoms with Gasteiger partial charge in [0, 0.05) is 5.69 Å². The molecule has 0 fully saturated rings. The van der Waals surface area contributed by atoms with Crippen molar-refractivity contribution in [2.75, 3.05) is 5.32 Å². The van der Waals surface area contributed by atoms with Crippen LogP contribution in [-0.4, -0.2) is 22.6 Å². The molecule has 0 aromatic heterocycles. The molecule has 0 atom stereocenters. The number of hydrogen-bond acceptors (Lipinski definition) is 3. The number of nitrogens with two attached hydrogens (primary N) is 1. The number of nitrogens with one attached hydrogen (secondary N) is 2. The maximum Gasteiger partial charge on any atom is 0.320 e. The molecule has 1 aromatic rings. The van der Waals surface area contributed by atoms with Gasteiger partial charge in [-0.05, 0) is 31.9 Å². The van der Waals surface area contributed by atoms with E-state index in [0.717, 1.165) is 5.56 Å². The lowest BCUT2D eigenvalue weighted by molar-refractivity contribution is 0.241. The Kier molecular flexibility index (Phi) is 5.37. The number of hydrogen-bond donors (Lipinski definition) is 4. The van der Waals surface area contributed by atoms with Gasteiger partial charge in [-0.2, -0.15) is 0 Å². The lowest BCUT2D eigenvalue weighted by atomic mass is 9.91. The Hall–Kier alpha value is -2.24. The highest BCUT2D eigenvalue weighted by Gasteiger charge is 2.33. The fourth-order valence-electron chi connectivity index (χ4n) is 1.97. The molecule has 0 aliphatic rings. The lowest BCUT2D eigenvalue weighted by Crippen LogP contribution is -2.57. The molecule has 6 nitrogen and oxygen atoms in total. The molecule has 1 rings (SSSR count). The molecule has 0 spiro atoms. The highest BCUT2D eigenvalue weighted by atomic mass is 16.4. The summed E-state index contributed by atoms with van der Waals surface area (Å²) in [6.07, 6.45) is 1.06. The Bertz CT molecular complexity index is 478. The van der Waals surface area contributed by atoms with E-state index in [4.69, 9.17) is 10.9 Å². The van der Waals surface area contributed by atoms with Gasteiger partial charge in [0.05, 0.1) is 0 Å². The Morgan fingerprint density at radius 1 is 1.30 bits per heavy atom. The molecular formula is C14H22N4O2. The fraction of sp³-hybridized carbons (Fsp3) is 0.429. The van der Waals surface area contributed by atoms with E-state index < -0.39 is 5.54 Å². The van der Waals surface area contributed by atoms with Gasteiger partial charge >= 0.3 is 6.03 Å². The summed E-state index contributed by atoms with van der Waals surface area (Å²) >= 11 is 0. The van der Waals surface area contributed by atoms with Gasteiger partial charge in [0.25, 0.3) is 0 Å². The largest absolute Gasteiger partial charge is 0.409 e. The molecule has 2 amide bonds. The van der Waals surface area contributed by atoms with Crippen molar-refractivity contribution in [1.82, 2.24) is 5.32 Å². The standard InChI is InChI=1S/C14H22N4O2/c1-4-14(5-2,12(15)18-20)17-13(19)16-11-8-6-10(3)7-9-11/h6-9,20H,4-5H2,1-3H3,(H2,15,18)(H2,16,17,19). The SMILES string of the molecule is CCC(CC)(NC(=O)Nc1ccc(C)cc1)/C(N)=N/O. The molecule has 0 bridgehead atoms. The summed E-state index contributed by atoms with van der Waals surface area (Å²) in [6, 6.07) is 7.07. The van der Waals surface area contributed by atoms with Crippen LogP contribution >= 0.6 is 0 Å². The van der Waals surface area contributed by atoms with E-state index >= 15 is 0 Å². The molecule has 1 aromatic carbocycles. The first-order valence-corrected chi connectivity index (χ1v) is 6.61. The van der Waals surface area contributed by atoms with Crippen LogP contribution in [0.1, 0.15) is 32.3 Å². The molecule has 0 unspecified atom stereocenters. The van der Waals surface area contributed by atoms with E-state index in [1.807, 2.05) is 45.0 Å². The highest BCUT2D eigenvalue weighted by molar-refractivity contribution is 5.97. The summed E-state index contributed by atoms with van der Waals surface area (Å²) in [5.74, 6) is 0.00144. The van der Waals surface area contributed by atoms with E-state index in [2.05, 4.69) is 15.8 Å². The van der Waals surface area contributed by atoms with Gasteiger partial charge in [0.15, 0.2) is 5.84 Å². The smallest absolute Gasteiger partial charge is 0.320 e. The summed E-state index contributed by atoms with van der Waals surface area (Å²) in [5, 5.41) is 17.4. The molecule has 0 aliphatic carbocycles. The topological polar surface area (TPSA) is 99.7 Å². The van der Waals surface area contributed by atoms with Gasteiger partial charge in [-0.25, -0.2) is 4.79 Å². The van der Waals surface area contributed by atoms with Crippen molar-refractivity contribution in [3.05, 3.63) is 29.8 Å². The Morgan fingerprint density at radius 2 is 1.85 bits per heavy atom. The number of aryl methyl sites for hydroxylation is 1. The summed E-state index contributed by atoms with van der Waals surface area (Å²) < 4.78 is 0. The first-order valence-electron chi connectivity index (χ1n) is 6.61. The summed E-state index contributed by atoms with van der Waals surface area (Å²) in [5.41, 5.74) is 6.65. The van der Waals surface area contributed by atoms with Crippen LogP contribution in [0.4, 0.5) is 10.5 Å². The second-order valence-electron chi connectivity index (χ2n) is 4.72. The molecule has 0 saturated heterocycles. The van der Waals surface area contributed by atoms with Crippen LogP contribution in [-0.2, 0) is 0 Å². The second kappa shape index (κ2) is 6.79. The van der Waals surface area contributed by atoms with Gasteiger partial charge in [0.1, 0.15) is 5.54 Å². The maximum absolute atomic E-state index is 12.0. The Labute approximate surface area is 119 Å². The minimum atomic E-state index is -0.844. The van der Waals surface area contributed by atoms with Gasteiger partial charge in [0.2, 0.25) is 0 Å². The predicted molar refractivity (Wildman–Crippen MR) is 80.1 cm³/mol. The van der Waals surface area contributed by atoms with Crippen molar-refractivity contribution >= 4 is 17.6 Å². The third-order valence-corrected chi connectivity index (χ3v) is 3.47. The number of rotatable bonds is 5. The number of carbonyl (C=O) groups is 1. The highest BCUT2D eigenvalue weighted by Crippen LogP contribution is 2.16. The van der Waals surface area contributed by atoms with Crippen molar-refractivity contribution in [2.45, 2.75) is 39.2 Å². The number of benzene rings is 1. The Morgan fingerprint density at radius 3 is 2.30 bits per heavy atom. The fourth-order valence-corrected chi connectivity index (χ4v) is 1.97. The van der Waals surface area contributed by atoms with E-state index in [1.54, 1.807) is 0 Å². The van der Waals surface area contributed by atoms with Crippen molar-refractivity contribution in [1.29, 1.82) is 0 Å². The van der Waals surface area contributed by atoms with Crippen LogP contribution in [0.2, 0.25) is 0 Å². The average molecular weight is 278 g/mol. The summed E-state index contributed by atoms with van der Waals surface area (Å²) in [7, 11) is 0. The van der Waals surface area contributed by atoms with Gasteiger partial charge in [-0.1, -0.05) is 36.7 Å². The number of carbonyl (C=O) groups excluding carboxylic acids is 1. The van der Waals surface area contributed by atoms with Crippen LogP contribution in [0.3, 0.4) is 0 Å². The zero-order chi connectivity index (χ0) is 15.2. The number of oxime groups is 1. The van der Waals surface area contributed by atoms with E-state index in [9.17, 15) is 4.79 Å². The zero-order valence-corrected chi connectivity index (χ0v) is 12.1. The van der Waals surface area contributed by atoms with Crippen molar-refractivity contribution in [3.8, 4) is 0 Å². The number of nitrogens with zero attached hydrogens (tertiary/aromatic N) is 1. The van der Waals surface area contributed by atoms with Gasteiger partial charge < -0.3 is 21.6 Å². The first kappa shape index (κ1) is 15.8. The van der Waals surface area contributed by atoms with Crippen molar-refractivity contribution in [2.24, 2.45) is 10.9 Å². The molecule has 0 saturated carbocycles. The van der Waals surface area contributed by atoms with Crippen LogP contribution in [0.25, 0.3) is 0 Å². The number of amides is 2. The average Bonchev–Trinajstić information content (AvgIpc) is 2.46. The molecule has 6 heteroatoms. The third-order valence-electron chi connectivity index (χ3n) is 3.47. The van der Waals surface area contributed by atoms with Crippen molar-refractivity contribution in [3.63, 3.8) is 0 Å². The molecule has 0 radical (unpaired) electrons. The lowest BCUT2D eigenvalue weighted by Gasteiger charge is -2.31. The minimum absolute atomic E-state index is 0.00144. The predicted octanol–water partition coefficient (Wildman–Crippen LogP) is 2.42. The van der Waals surface area contributed by atoms with Crippen LogP contribution in [0, 0.1) is 6.92 Å². The quantitative estimate of drug-likeness (QED) is 0.288.